The largest absolute Gasteiger partial charge is 0.494 e. The number of ether oxygens (including phenoxy) is 2. The molecule has 0 spiro atoms. The van der Waals surface area contributed by atoms with Crippen LogP contribution < -0.4 is 20.1 Å². The molecule has 11 heteroatoms. The number of allylic oxidation sites excluding steroid dienone is 5. The molecule has 1 aromatic carbocycles. The van der Waals surface area contributed by atoms with Gasteiger partial charge in [-0.1, -0.05) is 104 Å². The molecule has 3 N–H and O–H groups in total. The predicted octanol–water partition coefficient (Wildman–Crippen LogP) is 11.7. The van der Waals surface area contributed by atoms with Crippen molar-refractivity contribution in [2.45, 2.75) is 144 Å². The summed E-state index contributed by atoms with van der Waals surface area (Å²) in [6.45, 7) is 37.0. The number of benzene rings is 1. The first kappa shape index (κ1) is 69.4. The third-order valence-corrected chi connectivity index (χ3v) is 9.57. The molecule has 0 bridgehead atoms. The fraction of sp³-hybridized carbons (Fsp3) is 0.491. The Morgan fingerprint density at radius 3 is 1.91 bits per heavy atom. The molecule has 1 saturated heterocycles. The monoisotopic (exact) mass is 930 g/mol. The minimum atomic E-state index is -0.521. The molecule has 0 radical (unpaired) electrons. The molecular formula is C55H87N5O5S. The molecule has 66 heavy (non-hydrogen) atoms. The molecule has 5 rings (SSSR count). The number of aryl methyl sites for hydroxylation is 1. The summed E-state index contributed by atoms with van der Waals surface area (Å²) in [6.07, 6.45) is 39.4. The van der Waals surface area contributed by atoms with E-state index in [9.17, 15) is 14.4 Å². The van der Waals surface area contributed by atoms with Crippen LogP contribution >= 0.6 is 11.9 Å². The molecule has 2 fully saturated rings. The number of hydrogen-bond donors (Lipinski definition) is 3. The minimum absolute atomic E-state index is 0.0417. The smallest absolute Gasteiger partial charge is 0.252 e. The predicted molar refractivity (Wildman–Crippen MR) is 289 cm³/mol. The molecule has 3 aliphatic rings. The Bertz CT molecular complexity index is 1730. The Morgan fingerprint density at radius 1 is 0.985 bits per heavy atom. The number of nitrogens with zero attached hydrogens (tertiary/aromatic N) is 2. The summed E-state index contributed by atoms with van der Waals surface area (Å²) in [5, 5.41) is 8.23. The summed E-state index contributed by atoms with van der Waals surface area (Å²) in [6, 6.07) is 7.39. The maximum absolute atomic E-state index is 12.6. The van der Waals surface area contributed by atoms with Gasteiger partial charge in [-0.05, 0) is 96.1 Å². The first-order valence-electron chi connectivity index (χ1n) is 22.4. The highest BCUT2D eigenvalue weighted by Crippen LogP contribution is 2.36. The second-order valence-corrected chi connectivity index (χ2v) is 16.4. The molecule has 368 valence electrons. The fourth-order valence-corrected chi connectivity index (χ4v) is 5.93. The van der Waals surface area contributed by atoms with Crippen molar-refractivity contribution >= 4 is 46.5 Å². The first-order valence-corrected chi connectivity index (χ1v) is 23.3. The van der Waals surface area contributed by atoms with Crippen molar-refractivity contribution < 1.29 is 23.9 Å². The first-order chi connectivity index (χ1) is 31.6. The van der Waals surface area contributed by atoms with E-state index in [4.69, 9.17) is 14.5 Å². The standard InChI is InChI=1S/C16H26N4O3S.C16H15NO.C5H12O.C4H10.C4H8.C2H6.C2H4.3C2H2/c1-3-13(15(22)19-24-12-6-7-12)18-16(23)14-5-4-8-20(14)11(2)9-17-10-21;1-11-13-9-5-6-10-14(13)16(18-2)15(17-11)12-7-3-4-8-12;1-5(2,3)6-4;1-4(2)3;1-3-4-2;5*1-2/h10,12-14H,2-9H2,1H3,(H,17,21)(H,18,23)(H,19,22);3,5-10H,4H2,1-2H3;1-4H3;4H,1-3H3;3H,1,4H2,2H3;1-2H3;1-2H2;3*1-2H/t13?,14-;;;;;;;;;/m0........./s1. The number of carbonyl (C=O) groups is 3. The van der Waals surface area contributed by atoms with Gasteiger partial charge in [-0.25, -0.2) is 4.98 Å². The topological polar surface area (TPSA) is 122 Å². The Hall–Kier alpha value is -5.67. The van der Waals surface area contributed by atoms with Crippen LogP contribution in [0.5, 0.6) is 5.75 Å². The van der Waals surface area contributed by atoms with E-state index in [-0.39, 0.29) is 23.5 Å². The van der Waals surface area contributed by atoms with Crippen LogP contribution in [-0.4, -0.2) is 78.4 Å². The van der Waals surface area contributed by atoms with Crippen molar-refractivity contribution in [3.05, 3.63) is 92.0 Å². The summed E-state index contributed by atoms with van der Waals surface area (Å²) < 4.78 is 13.4. The van der Waals surface area contributed by atoms with Gasteiger partial charge in [0.05, 0.1) is 19.3 Å². The van der Waals surface area contributed by atoms with Crippen molar-refractivity contribution in [1.82, 2.24) is 25.2 Å². The molecule has 1 aliphatic heterocycles. The molecule has 3 amide bonds. The number of terminal acetylenes is 3. The zero-order valence-electron chi connectivity index (χ0n) is 43.0. The van der Waals surface area contributed by atoms with Crippen molar-refractivity contribution in [3.8, 4) is 44.3 Å². The van der Waals surface area contributed by atoms with E-state index in [0.717, 1.165) is 84.5 Å². The molecule has 2 heterocycles. The van der Waals surface area contributed by atoms with Gasteiger partial charge in [0.2, 0.25) is 12.3 Å². The molecule has 10 nitrogen and oxygen atoms in total. The average molecular weight is 930 g/mol. The fourth-order valence-electron chi connectivity index (χ4n) is 5.14. The van der Waals surface area contributed by atoms with Gasteiger partial charge >= 0.3 is 0 Å². The van der Waals surface area contributed by atoms with Crippen molar-refractivity contribution in [2.24, 2.45) is 5.92 Å². The molecule has 1 aromatic heterocycles. The number of fused-ring (bicyclic) bond motifs is 1. The van der Waals surface area contributed by atoms with Gasteiger partial charge in [0.15, 0.2) is 5.75 Å². The van der Waals surface area contributed by atoms with Gasteiger partial charge in [-0.2, -0.15) is 0 Å². The third kappa shape index (κ3) is 31.2. The number of carbonyl (C=O) groups excluding carboxylic acids is 3. The lowest BCUT2D eigenvalue weighted by molar-refractivity contribution is -0.130. The molecular weight excluding hydrogens is 843 g/mol. The number of hydrogen-bond acceptors (Lipinski definition) is 8. The van der Waals surface area contributed by atoms with Gasteiger partial charge in [0.25, 0.3) is 5.91 Å². The van der Waals surface area contributed by atoms with E-state index in [2.05, 4.69) is 138 Å². The quantitative estimate of drug-likeness (QED) is 0.0786. The molecule has 1 unspecified atom stereocenters. The number of likely N-dealkylation sites (tertiary alicyclic amines) is 1. The Morgan fingerprint density at radius 2 is 1.50 bits per heavy atom. The third-order valence-electron chi connectivity index (χ3n) is 8.45. The number of amides is 3. The average Bonchev–Trinajstić information content (AvgIpc) is 3.75. The van der Waals surface area contributed by atoms with E-state index in [1.54, 1.807) is 14.2 Å². The second-order valence-electron chi connectivity index (χ2n) is 15.3. The maximum Gasteiger partial charge on any atom is 0.252 e. The maximum atomic E-state index is 12.6. The van der Waals surface area contributed by atoms with E-state index < -0.39 is 6.04 Å². The summed E-state index contributed by atoms with van der Waals surface area (Å²) in [7, 11) is 3.42. The van der Waals surface area contributed by atoms with E-state index >= 15 is 0 Å². The van der Waals surface area contributed by atoms with Crippen LogP contribution in [0.1, 0.15) is 126 Å². The number of pyridine rings is 1. The van der Waals surface area contributed by atoms with E-state index in [1.165, 1.54) is 11.9 Å². The van der Waals surface area contributed by atoms with Crippen LogP contribution in [0.4, 0.5) is 0 Å². The van der Waals surface area contributed by atoms with Crippen LogP contribution in [0.3, 0.4) is 0 Å². The number of rotatable bonds is 13. The number of methoxy groups -OCH3 is 2. The number of aromatic nitrogens is 1. The van der Waals surface area contributed by atoms with Crippen LogP contribution in [-0.2, 0) is 19.1 Å². The normalized spacial score (nSPS) is 13.7. The zero-order chi connectivity index (χ0) is 52.3. The Labute approximate surface area is 407 Å². The van der Waals surface area contributed by atoms with Gasteiger partial charge in [-0.3, -0.25) is 19.1 Å². The number of nitrogens with one attached hydrogen (secondary N) is 3. The van der Waals surface area contributed by atoms with Gasteiger partial charge in [0.1, 0.15) is 17.8 Å². The second kappa shape index (κ2) is 44.5. The van der Waals surface area contributed by atoms with Crippen molar-refractivity contribution in [1.29, 1.82) is 0 Å². The van der Waals surface area contributed by atoms with E-state index in [1.807, 2.05) is 71.6 Å². The lowest BCUT2D eigenvalue weighted by Crippen LogP contribution is -2.51. The highest BCUT2D eigenvalue weighted by molar-refractivity contribution is 7.98. The molecule has 2 aromatic rings. The Kier molecular flexibility index (Phi) is 46.8. The van der Waals surface area contributed by atoms with Gasteiger partial charge in [-0.15, -0.1) is 58.3 Å². The molecule has 1 saturated carbocycles. The summed E-state index contributed by atoms with van der Waals surface area (Å²) in [5.74, 6) is 1.40. The van der Waals surface area contributed by atoms with Crippen LogP contribution in [0.15, 0.2) is 80.6 Å². The molecule has 2 aliphatic carbocycles. The van der Waals surface area contributed by atoms with Gasteiger partial charge in [0, 0.05) is 41.1 Å². The van der Waals surface area contributed by atoms with Crippen LogP contribution in [0.25, 0.3) is 16.3 Å². The van der Waals surface area contributed by atoms with Crippen LogP contribution in [0, 0.1) is 51.4 Å². The lowest BCUT2D eigenvalue weighted by atomic mass is 10.0. The van der Waals surface area contributed by atoms with Crippen LogP contribution in [0.2, 0.25) is 0 Å². The van der Waals surface area contributed by atoms with Gasteiger partial charge < -0.3 is 25.0 Å². The lowest BCUT2D eigenvalue weighted by Gasteiger charge is -2.29. The van der Waals surface area contributed by atoms with Crippen molar-refractivity contribution in [2.75, 3.05) is 27.3 Å². The Balaban J connectivity index is -0.000000258. The van der Waals surface area contributed by atoms with E-state index in [0.29, 0.717) is 30.3 Å². The summed E-state index contributed by atoms with van der Waals surface area (Å²) in [5.41, 5.74) is 3.90. The SMILES string of the molecule is C#C.C#C.C#C.C=C.C=C(CNC=O)N1CCC[C@H]1C(=O)NC(CC)C(=O)NSC1CC1.C=CCC.CC.CC(C)C.COC(C)(C)C.COc1c(C2=CCC=C2)nc(C)c2ccccc12. The molecule has 2 atom stereocenters. The summed E-state index contributed by atoms with van der Waals surface area (Å²) in [4.78, 5) is 41.8. The highest BCUT2D eigenvalue weighted by atomic mass is 32.2. The highest BCUT2D eigenvalue weighted by Gasteiger charge is 2.33. The zero-order valence-corrected chi connectivity index (χ0v) is 43.8. The minimum Gasteiger partial charge on any atom is -0.494 e. The summed E-state index contributed by atoms with van der Waals surface area (Å²) >= 11 is 1.45. The van der Waals surface area contributed by atoms with Crippen molar-refractivity contribution in [3.63, 3.8) is 0 Å².